The number of piperidine rings is 1. The normalized spacial score (nSPS) is 27.1. The number of benzene rings is 1. The molecule has 1 aromatic rings. The summed E-state index contributed by atoms with van der Waals surface area (Å²) in [6.45, 7) is 6.22. The molecule has 0 amide bonds. The molecule has 1 aliphatic rings. The van der Waals surface area contributed by atoms with E-state index in [2.05, 4.69) is 18.7 Å². The molecule has 18 heavy (non-hydrogen) atoms. The van der Waals surface area contributed by atoms with Gasteiger partial charge in [-0.2, -0.15) is 0 Å². The van der Waals surface area contributed by atoms with Crippen LogP contribution in [0, 0.1) is 11.7 Å². The molecule has 1 fully saturated rings. The minimum atomic E-state index is -0.101. The minimum absolute atomic E-state index is 0.101. The number of likely N-dealkylation sites (tertiary alicyclic amines) is 1. The second-order valence-corrected chi connectivity index (χ2v) is 5.50. The van der Waals surface area contributed by atoms with Gasteiger partial charge in [0.05, 0.1) is 0 Å². The summed E-state index contributed by atoms with van der Waals surface area (Å²) >= 11 is 0. The van der Waals surface area contributed by atoms with E-state index in [1.807, 2.05) is 12.1 Å². The third kappa shape index (κ3) is 2.90. The Balaban J connectivity index is 2.20. The molecule has 2 nitrogen and oxygen atoms in total. The van der Waals surface area contributed by atoms with Gasteiger partial charge in [0, 0.05) is 30.7 Å². The predicted molar refractivity (Wildman–Crippen MR) is 72.8 cm³/mol. The highest BCUT2D eigenvalue weighted by molar-refractivity contribution is 5.21. The first-order valence-corrected chi connectivity index (χ1v) is 6.85. The summed E-state index contributed by atoms with van der Waals surface area (Å²) in [6, 6.07) is 7.47. The van der Waals surface area contributed by atoms with Crippen molar-refractivity contribution in [3.05, 3.63) is 35.6 Å². The van der Waals surface area contributed by atoms with Crippen LogP contribution in [0.15, 0.2) is 24.3 Å². The van der Waals surface area contributed by atoms with Crippen LogP contribution in [0.5, 0.6) is 0 Å². The van der Waals surface area contributed by atoms with Gasteiger partial charge < -0.3 is 5.73 Å². The van der Waals surface area contributed by atoms with E-state index in [1.165, 1.54) is 0 Å². The summed E-state index contributed by atoms with van der Waals surface area (Å²) in [6.07, 6.45) is 1.99. The Bertz CT molecular complexity index is 384. The molecule has 0 aliphatic carbocycles. The molecule has 3 unspecified atom stereocenters. The minimum Gasteiger partial charge on any atom is -0.327 e. The molecular weight excluding hydrogens is 227 g/mol. The summed E-state index contributed by atoms with van der Waals surface area (Å²) in [7, 11) is 0. The van der Waals surface area contributed by atoms with Gasteiger partial charge in [-0.25, -0.2) is 4.39 Å². The van der Waals surface area contributed by atoms with Crippen molar-refractivity contribution < 1.29 is 4.39 Å². The Morgan fingerprint density at radius 3 is 2.72 bits per heavy atom. The maximum absolute atomic E-state index is 13.9. The van der Waals surface area contributed by atoms with Crippen LogP contribution in [0.4, 0.5) is 4.39 Å². The van der Waals surface area contributed by atoms with Gasteiger partial charge >= 0.3 is 0 Å². The molecule has 1 saturated heterocycles. The summed E-state index contributed by atoms with van der Waals surface area (Å²) in [5.74, 6) is 0.491. The largest absolute Gasteiger partial charge is 0.327 e. The lowest BCUT2D eigenvalue weighted by Gasteiger charge is -2.40. The van der Waals surface area contributed by atoms with Gasteiger partial charge in [0.25, 0.3) is 0 Å². The van der Waals surface area contributed by atoms with E-state index in [0.29, 0.717) is 5.92 Å². The Hall–Kier alpha value is -0.930. The van der Waals surface area contributed by atoms with E-state index in [-0.39, 0.29) is 17.9 Å². The van der Waals surface area contributed by atoms with Crippen molar-refractivity contribution in [1.82, 2.24) is 4.90 Å². The lowest BCUT2D eigenvalue weighted by Crippen LogP contribution is -2.47. The lowest BCUT2D eigenvalue weighted by molar-refractivity contribution is 0.110. The van der Waals surface area contributed by atoms with Crippen LogP contribution in [-0.2, 0) is 0 Å². The van der Waals surface area contributed by atoms with Crippen LogP contribution >= 0.6 is 0 Å². The molecular formula is C15H23FN2. The molecule has 1 aliphatic heterocycles. The van der Waals surface area contributed by atoms with Crippen molar-refractivity contribution in [2.45, 2.75) is 38.8 Å². The summed E-state index contributed by atoms with van der Waals surface area (Å²) < 4.78 is 13.9. The van der Waals surface area contributed by atoms with Crippen molar-refractivity contribution in [2.75, 3.05) is 13.1 Å². The smallest absolute Gasteiger partial charge is 0.127 e. The zero-order valence-corrected chi connectivity index (χ0v) is 11.3. The van der Waals surface area contributed by atoms with Gasteiger partial charge in [-0.15, -0.1) is 0 Å². The van der Waals surface area contributed by atoms with E-state index in [9.17, 15) is 4.39 Å². The van der Waals surface area contributed by atoms with Gasteiger partial charge in [0.1, 0.15) is 5.82 Å². The van der Waals surface area contributed by atoms with Crippen LogP contribution in [-0.4, -0.2) is 24.0 Å². The van der Waals surface area contributed by atoms with Crippen LogP contribution in [0.1, 0.15) is 38.3 Å². The third-order valence-electron chi connectivity index (χ3n) is 3.81. The van der Waals surface area contributed by atoms with Crippen molar-refractivity contribution >= 4 is 0 Å². The molecule has 0 radical (unpaired) electrons. The number of nitrogens with zero attached hydrogens (tertiary/aromatic N) is 1. The molecule has 3 atom stereocenters. The summed E-state index contributed by atoms with van der Waals surface area (Å²) in [4.78, 5) is 2.34. The second kappa shape index (κ2) is 5.81. The third-order valence-corrected chi connectivity index (χ3v) is 3.81. The highest BCUT2D eigenvalue weighted by Crippen LogP contribution is 2.30. The van der Waals surface area contributed by atoms with Crippen LogP contribution < -0.4 is 5.73 Å². The first-order valence-electron chi connectivity index (χ1n) is 6.85. The lowest BCUT2D eigenvalue weighted by atomic mass is 9.92. The van der Waals surface area contributed by atoms with E-state index in [1.54, 1.807) is 12.1 Å². The summed E-state index contributed by atoms with van der Waals surface area (Å²) in [5, 5.41) is 0. The maximum Gasteiger partial charge on any atom is 0.127 e. The monoisotopic (exact) mass is 250 g/mol. The van der Waals surface area contributed by atoms with E-state index in [0.717, 1.165) is 31.5 Å². The quantitative estimate of drug-likeness (QED) is 0.893. The van der Waals surface area contributed by atoms with Crippen molar-refractivity contribution in [3.8, 4) is 0 Å². The van der Waals surface area contributed by atoms with E-state index < -0.39 is 0 Å². The highest BCUT2D eigenvalue weighted by atomic mass is 19.1. The molecule has 0 bridgehead atoms. The zero-order chi connectivity index (χ0) is 13.1. The number of rotatable bonds is 3. The van der Waals surface area contributed by atoms with Crippen molar-refractivity contribution in [2.24, 2.45) is 11.7 Å². The van der Waals surface area contributed by atoms with Gasteiger partial charge in [0.2, 0.25) is 0 Å². The number of hydrogen-bond donors (Lipinski definition) is 1. The maximum atomic E-state index is 13.9. The fourth-order valence-corrected chi connectivity index (χ4v) is 3.12. The molecule has 0 aromatic heterocycles. The molecule has 1 heterocycles. The predicted octanol–water partition coefficient (Wildman–Crippen LogP) is 2.95. The van der Waals surface area contributed by atoms with Crippen LogP contribution in [0.3, 0.4) is 0 Å². The fourth-order valence-electron chi connectivity index (χ4n) is 3.12. The van der Waals surface area contributed by atoms with Crippen molar-refractivity contribution in [1.29, 1.82) is 0 Å². The molecule has 2 rings (SSSR count). The standard InChI is InChI=1S/C15H23FN2/c1-3-15(13-6-4-5-7-14(13)16)18-9-11(2)8-12(17)10-18/h4-7,11-12,15H,3,8-10,17H2,1-2H3. The van der Waals surface area contributed by atoms with E-state index >= 15 is 0 Å². The summed E-state index contributed by atoms with van der Waals surface area (Å²) in [5.41, 5.74) is 6.90. The number of nitrogens with two attached hydrogens (primary N) is 1. The fraction of sp³-hybridized carbons (Fsp3) is 0.600. The Morgan fingerprint density at radius 1 is 1.39 bits per heavy atom. The molecule has 0 spiro atoms. The van der Waals surface area contributed by atoms with Gasteiger partial charge in [-0.05, 0) is 24.8 Å². The SMILES string of the molecule is CCC(c1ccccc1F)N1CC(C)CC(N)C1. The Kier molecular flexibility index (Phi) is 4.36. The van der Waals surface area contributed by atoms with E-state index in [4.69, 9.17) is 5.73 Å². The average molecular weight is 250 g/mol. The zero-order valence-electron chi connectivity index (χ0n) is 11.3. The Labute approximate surface area is 109 Å². The topological polar surface area (TPSA) is 29.3 Å². The molecule has 2 N–H and O–H groups in total. The first kappa shape index (κ1) is 13.5. The van der Waals surface area contributed by atoms with Crippen LogP contribution in [0.25, 0.3) is 0 Å². The average Bonchev–Trinajstić information content (AvgIpc) is 2.31. The molecule has 1 aromatic carbocycles. The molecule has 100 valence electrons. The first-order chi connectivity index (χ1) is 8.61. The molecule has 0 saturated carbocycles. The molecule has 3 heteroatoms. The highest BCUT2D eigenvalue weighted by Gasteiger charge is 2.28. The van der Waals surface area contributed by atoms with Gasteiger partial charge in [-0.1, -0.05) is 32.0 Å². The van der Waals surface area contributed by atoms with Crippen LogP contribution in [0.2, 0.25) is 0 Å². The number of halogens is 1. The number of hydrogen-bond acceptors (Lipinski definition) is 2. The van der Waals surface area contributed by atoms with Gasteiger partial charge in [0.15, 0.2) is 0 Å². The van der Waals surface area contributed by atoms with Crippen molar-refractivity contribution in [3.63, 3.8) is 0 Å². The Morgan fingerprint density at radius 2 is 2.11 bits per heavy atom. The second-order valence-electron chi connectivity index (χ2n) is 5.50. The van der Waals surface area contributed by atoms with Gasteiger partial charge in [-0.3, -0.25) is 4.90 Å².